The lowest BCUT2D eigenvalue weighted by Crippen LogP contribution is -1.88. The van der Waals surface area contributed by atoms with E-state index in [1.807, 2.05) is 6.92 Å². The van der Waals surface area contributed by atoms with Crippen molar-refractivity contribution >= 4 is 34.3 Å². The van der Waals surface area contributed by atoms with Crippen LogP contribution in [0.15, 0.2) is 16.7 Å². The Kier molecular flexibility index (Phi) is 2.18. The molecule has 0 spiro atoms. The van der Waals surface area contributed by atoms with Crippen molar-refractivity contribution in [2.75, 3.05) is 0 Å². The van der Waals surface area contributed by atoms with Crippen molar-refractivity contribution in [2.24, 2.45) is 0 Å². The first kappa shape index (κ1) is 8.85. The van der Waals surface area contributed by atoms with Crippen molar-refractivity contribution < 1.29 is 4.42 Å². The van der Waals surface area contributed by atoms with Crippen LogP contribution in [0.3, 0.4) is 0 Å². The van der Waals surface area contributed by atoms with Gasteiger partial charge in [-0.25, -0.2) is 4.98 Å². The standard InChI is InChI=1S/C9H7Cl2NO/c1-2-5-7(10)8-6(3-4-13-8)12-9(5)11/h3-4H,2H2,1H3. The Hall–Kier alpha value is -0.730. The van der Waals surface area contributed by atoms with Gasteiger partial charge in [-0.3, -0.25) is 0 Å². The van der Waals surface area contributed by atoms with Crippen LogP contribution < -0.4 is 0 Å². The molecule has 0 aliphatic heterocycles. The summed E-state index contributed by atoms with van der Waals surface area (Å²) in [6.45, 7) is 1.98. The highest BCUT2D eigenvalue weighted by Gasteiger charge is 2.12. The highest BCUT2D eigenvalue weighted by Crippen LogP contribution is 2.31. The van der Waals surface area contributed by atoms with E-state index in [2.05, 4.69) is 4.98 Å². The van der Waals surface area contributed by atoms with Crippen molar-refractivity contribution in [2.45, 2.75) is 13.3 Å². The van der Waals surface area contributed by atoms with E-state index in [1.54, 1.807) is 12.3 Å². The molecule has 0 N–H and O–H groups in total. The van der Waals surface area contributed by atoms with Crippen molar-refractivity contribution in [1.82, 2.24) is 4.98 Å². The lowest BCUT2D eigenvalue weighted by atomic mass is 10.2. The number of pyridine rings is 1. The van der Waals surface area contributed by atoms with Crippen LogP contribution in [0.2, 0.25) is 10.2 Å². The summed E-state index contributed by atoms with van der Waals surface area (Å²) in [7, 11) is 0. The smallest absolute Gasteiger partial charge is 0.171 e. The number of aromatic nitrogens is 1. The van der Waals surface area contributed by atoms with Gasteiger partial charge in [0.05, 0.1) is 11.3 Å². The zero-order valence-electron chi connectivity index (χ0n) is 6.97. The number of hydrogen-bond donors (Lipinski definition) is 0. The Morgan fingerprint density at radius 3 is 2.92 bits per heavy atom. The number of nitrogens with zero attached hydrogens (tertiary/aromatic N) is 1. The van der Waals surface area contributed by atoms with Crippen LogP contribution in [-0.4, -0.2) is 4.98 Å². The van der Waals surface area contributed by atoms with Crippen molar-refractivity contribution in [3.8, 4) is 0 Å². The molecule has 2 rings (SSSR count). The van der Waals surface area contributed by atoms with Gasteiger partial charge in [-0.15, -0.1) is 0 Å². The molecule has 4 heteroatoms. The summed E-state index contributed by atoms with van der Waals surface area (Å²) in [4.78, 5) is 4.15. The molecule has 68 valence electrons. The number of furan rings is 1. The average Bonchev–Trinajstić information content (AvgIpc) is 2.53. The summed E-state index contributed by atoms with van der Waals surface area (Å²) >= 11 is 12.0. The Morgan fingerprint density at radius 1 is 1.46 bits per heavy atom. The molecule has 0 fully saturated rings. The van der Waals surface area contributed by atoms with Crippen LogP contribution in [0.5, 0.6) is 0 Å². The lowest BCUT2D eigenvalue weighted by molar-refractivity contribution is 0.615. The van der Waals surface area contributed by atoms with Gasteiger partial charge in [0.25, 0.3) is 0 Å². The van der Waals surface area contributed by atoms with E-state index >= 15 is 0 Å². The first-order valence-electron chi connectivity index (χ1n) is 3.95. The second-order valence-corrected chi connectivity index (χ2v) is 3.42. The monoisotopic (exact) mass is 215 g/mol. The molecule has 0 saturated carbocycles. The van der Waals surface area contributed by atoms with E-state index < -0.39 is 0 Å². The van der Waals surface area contributed by atoms with Crippen LogP contribution >= 0.6 is 23.2 Å². The molecular formula is C9H7Cl2NO. The first-order valence-corrected chi connectivity index (χ1v) is 4.70. The maximum atomic E-state index is 6.07. The van der Waals surface area contributed by atoms with Gasteiger partial charge in [0.15, 0.2) is 5.58 Å². The lowest BCUT2D eigenvalue weighted by Gasteiger charge is -2.02. The minimum absolute atomic E-state index is 0.460. The third-order valence-corrected chi connectivity index (χ3v) is 2.64. The molecule has 2 nitrogen and oxygen atoms in total. The van der Waals surface area contributed by atoms with E-state index in [-0.39, 0.29) is 0 Å². The van der Waals surface area contributed by atoms with Gasteiger partial charge in [-0.05, 0) is 6.42 Å². The minimum atomic E-state index is 0.460. The Bertz CT molecular complexity index is 450. The van der Waals surface area contributed by atoms with Gasteiger partial charge in [-0.2, -0.15) is 0 Å². The summed E-state index contributed by atoms with van der Waals surface area (Å²) in [6.07, 6.45) is 2.31. The van der Waals surface area contributed by atoms with E-state index in [0.717, 1.165) is 12.0 Å². The molecular weight excluding hydrogens is 209 g/mol. The fourth-order valence-electron chi connectivity index (χ4n) is 1.26. The maximum absolute atomic E-state index is 6.07. The van der Waals surface area contributed by atoms with E-state index in [0.29, 0.717) is 21.3 Å². The highest BCUT2D eigenvalue weighted by molar-refractivity contribution is 6.38. The maximum Gasteiger partial charge on any atom is 0.171 e. The molecule has 0 unspecified atom stereocenters. The molecule has 0 aliphatic carbocycles. The third-order valence-electron chi connectivity index (χ3n) is 1.93. The highest BCUT2D eigenvalue weighted by atomic mass is 35.5. The molecule has 13 heavy (non-hydrogen) atoms. The van der Waals surface area contributed by atoms with Crippen molar-refractivity contribution in [1.29, 1.82) is 0 Å². The Balaban J connectivity index is 2.85. The molecule has 0 bridgehead atoms. The fourth-order valence-corrected chi connectivity index (χ4v) is 1.99. The minimum Gasteiger partial charge on any atom is -0.461 e. The predicted molar refractivity (Wildman–Crippen MR) is 53.4 cm³/mol. The van der Waals surface area contributed by atoms with Gasteiger partial charge in [0, 0.05) is 11.6 Å². The van der Waals surface area contributed by atoms with Crippen LogP contribution in [0.4, 0.5) is 0 Å². The van der Waals surface area contributed by atoms with Crippen LogP contribution in [0, 0.1) is 0 Å². The van der Waals surface area contributed by atoms with Crippen molar-refractivity contribution in [3.05, 3.63) is 28.1 Å². The second-order valence-electron chi connectivity index (χ2n) is 2.68. The average molecular weight is 216 g/mol. The van der Waals surface area contributed by atoms with E-state index in [1.165, 1.54) is 0 Å². The molecule has 2 aromatic rings. The zero-order valence-corrected chi connectivity index (χ0v) is 8.49. The molecule has 2 heterocycles. The van der Waals surface area contributed by atoms with Crippen LogP contribution in [0.1, 0.15) is 12.5 Å². The predicted octanol–water partition coefficient (Wildman–Crippen LogP) is 3.70. The fraction of sp³-hybridized carbons (Fsp3) is 0.222. The summed E-state index contributed by atoms with van der Waals surface area (Å²) in [5.74, 6) is 0. The number of halogens is 2. The summed E-state index contributed by atoms with van der Waals surface area (Å²) in [6, 6.07) is 1.74. The van der Waals surface area contributed by atoms with E-state index in [4.69, 9.17) is 27.6 Å². The normalized spacial score (nSPS) is 11.0. The van der Waals surface area contributed by atoms with E-state index in [9.17, 15) is 0 Å². The number of hydrogen-bond acceptors (Lipinski definition) is 2. The van der Waals surface area contributed by atoms with Gasteiger partial charge in [0.2, 0.25) is 0 Å². The van der Waals surface area contributed by atoms with Crippen LogP contribution in [-0.2, 0) is 6.42 Å². The van der Waals surface area contributed by atoms with Crippen LogP contribution in [0.25, 0.3) is 11.1 Å². The SMILES string of the molecule is CCc1c(Cl)nc2ccoc2c1Cl. The van der Waals surface area contributed by atoms with Crippen molar-refractivity contribution in [3.63, 3.8) is 0 Å². The quantitative estimate of drug-likeness (QED) is 0.679. The second kappa shape index (κ2) is 3.20. The summed E-state index contributed by atoms with van der Waals surface area (Å²) in [5, 5.41) is 1.03. The number of rotatable bonds is 1. The Labute approximate surface area is 85.5 Å². The zero-order chi connectivity index (χ0) is 9.42. The third kappa shape index (κ3) is 1.30. The van der Waals surface area contributed by atoms with Gasteiger partial charge in [0.1, 0.15) is 10.7 Å². The molecule has 0 aliphatic rings. The van der Waals surface area contributed by atoms with Gasteiger partial charge in [-0.1, -0.05) is 30.1 Å². The molecule has 0 amide bonds. The molecule has 0 aromatic carbocycles. The summed E-state index contributed by atoms with van der Waals surface area (Å²) < 4.78 is 5.19. The van der Waals surface area contributed by atoms with Gasteiger partial charge >= 0.3 is 0 Å². The molecule has 2 aromatic heterocycles. The molecule has 0 saturated heterocycles. The molecule has 0 radical (unpaired) electrons. The topological polar surface area (TPSA) is 26.0 Å². The Morgan fingerprint density at radius 2 is 2.23 bits per heavy atom. The summed E-state index contributed by atoms with van der Waals surface area (Å²) in [5.41, 5.74) is 2.15. The number of fused-ring (bicyclic) bond motifs is 1. The largest absolute Gasteiger partial charge is 0.461 e. The van der Waals surface area contributed by atoms with Gasteiger partial charge < -0.3 is 4.42 Å². The molecule has 0 atom stereocenters. The first-order chi connectivity index (χ1) is 6.24.